The lowest BCUT2D eigenvalue weighted by Gasteiger charge is -2.37. The molecule has 5 aromatic rings. The molecule has 2 aliphatic heterocycles. The van der Waals surface area contributed by atoms with Gasteiger partial charge in [0.05, 0.1) is 30.2 Å². The number of nitrogens with zero attached hydrogens (tertiary/aromatic N) is 7. The van der Waals surface area contributed by atoms with Gasteiger partial charge in [-0.1, -0.05) is 56.0 Å². The molecule has 2 atom stereocenters. The van der Waals surface area contributed by atoms with Crippen LogP contribution in [0, 0.1) is 0 Å². The molecule has 2 fully saturated rings. The van der Waals surface area contributed by atoms with E-state index >= 15 is 0 Å². The molecule has 2 aliphatic rings. The predicted molar refractivity (Wildman–Crippen MR) is 212 cm³/mol. The topological polar surface area (TPSA) is 101 Å². The summed E-state index contributed by atoms with van der Waals surface area (Å²) in [6, 6.07) is 21.2. The third kappa shape index (κ3) is 8.12. The molecule has 2 aromatic heterocycles. The Kier molecular flexibility index (Phi) is 11.8. The maximum atomic E-state index is 13.4. The van der Waals surface area contributed by atoms with Gasteiger partial charge in [0, 0.05) is 73.6 Å². The molecule has 0 bridgehead atoms. The normalized spacial score (nSPS) is 18.8. The summed E-state index contributed by atoms with van der Waals surface area (Å²) in [4.78, 5) is 35.6. The fraction of sp³-hybridized carbons (Fsp3) is 0.425. The lowest BCUT2D eigenvalue weighted by Crippen LogP contribution is -2.46. The zero-order valence-corrected chi connectivity index (χ0v) is 32.3. The standard InChI is InChI=1S/C40H47Cl2N7O5/c1-3-5-18-47-38(50)49(39(51)48(47)19-6-4-2)33-10-8-31(9-11-33)45-21-23-46(24-22-45)32-12-14-34(15-13-32)52-26-35-27-53-40(54-35,28-44-20-17-43-29-44)36-16-7-30(41)25-37(36)42/h7-17,20,25,29,35H,3-6,18-19,21-24,26-28H2,1-2H3. The zero-order chi connectivity index (χ0) is 37.7. The number of hydrogen-bond acceptors (Lipinski definition) is 8. The number of hydrogen-bond donors (Lipinski definition) is 0. The summed E-state index contributed by atoms with van der Waals surface area (Å²) >= 11 is 12.8. The summed E-state index contributed by atoms with van der Waals surface area (Å²) in [5, 5.41) is 1.01. The molecule has 286 valence electrons. The number of benzene rings is 3. The lowest BCUT2D eigenvalue weighted by molar-refractivity contribution is -0.189. The minimum Gasteiger partial charge on any atom is -0.491 e. The average molecular weight is 777 g/mol. The number of piperazine rings is 1. The van der Waals surface area contributed by atoms with Crippen LogP contribution in [0.25, 0.3) is 5.69 Å². The van der Waals surface area contributed by atoms with Gasteiger partial charge < -0.3 is 28.6 Å². The average Bonchev–Trinajstić information content (AvgIpc) is 3.91. The van der Waals surface area contributed by atoms with E-state index in [1.165, 1.54) is 4.57 Å². The first kappa shape index (κ1) is 37.8. The Morgan fingerprint density at radius 2 is 1.41 bits per heavy atom. The molecular weight excluding hydrogens is 729 g/mol. The van der Waals surface area contributed by atoms with E-state index in [1.807, 2.05) is 53.2 Å². The van der Waals surface area contributed by atoms with Crippen molar-refractivity contribution >= 4 is 34.6 Å². The highest BCUT2D eigenvalue weighted by atomic mass is 35.5. The van der Waals surface area contributed by atoms with Crippen LogP contribution in [-0.4, -0.2) is 69.0 Å². The van der Waals surface area contributed by atoms with E-state index in [4.69, 9.17) is 37.4 Å². The number of halogens is 2. The van der Waals surface area contributed by atoms with Crippen LogP contribution in [-0.2, 0) is 34.9 Å². The number of rotatable bonds is 15. The van der Waals surface area contributed by atoms with Gasteiger partial charge in [-0.25, -0.2) is 28.5 Å². The van der Waals surface area contributed by atoms with Crippen molar-refractivity contribution in [1.82, 2.24) is 23.5 Å². The smallest absolute Gasteiger partial charge is 0.351 e. The highest BCUT2D eigenvalue weighted by Crippen LogP contribution is 2.40. The quantitative estimate of drug-likeness (QED) is 0.118. The van der Waals surface area contributed by atoms with Crippen LogP contribution in [0.5, 0.6) is 5.75 Å². The van der Waals surface area contributed by atoms with E-state index in [1.54, 1.807) is 34.0 Å². The minimum absolute atomic E-state index is 0.272. The van der Waals surface area contributed by atoms with Gasteiger partial charge in [-0.2, -0.15) is 0 Å². The predicted octanol–water partition coefficient (Wildman–Crippen LogP) is 6.58. The second-order valence-electron chi connectivity index (χ2n) is 13.8. The Hall–Kier alpha value is -4.49. The van der Waals surface area contributed by atoms with Gasteiger partial charge in [0.1, 0.15) is 18.5 Å². The summed E-state index contributed by atoms with van der Waals surface area (Å²) in [7, 11) is 0. The largest absolute Gasteiger partial charge is 0.491 e. The third-order valence-corrected chi connectivity index (χ3v) is 10.7. The molecule has 2 saturated heterocycles. The van der Waals surface area contributed by atoms with E-state index < -0.39 is 5.79 Å². The van der Waals surface area contributed by atoms with Crippen molar-refractivity contribution in [3.63, 3.8) is 0 Å². The second-order valence-corrected chi connectivity index (χ2v) is 14.7. The first-order valence-corrected chi connectivity index (χ1v) is 19.5. The molecule has 14 heteroatoms. The fourth-order valence-electron chi connectivity index (χ4n) is 7.14. The summed E-state index contributed by atoms with van der Waals surface area (Å²) in [5.41, 5.74) is 2.95. The summed E-state index contributed by atoms with van der Waals surface area (Å²) in [6.45, 7) is 9.65. The fourth-order valence-corrected chi connectivity index (χ4v) is 7.69. The van der Waals surface area contributed by atoms with Crippen molar-refractivity contribution in [3.05, 3.63) is 122 Å². The van der Waals surface area contributed by atoms with Crippen molar-refractivity contribution in [3.8, 4) is 11.4 Å². The highest BCUT2D eigenvalue weighted by Gasteiger charge is 2.45. The van der Waals surface area contributed by atoms with Crippen LogP contribution < -0.4 is 25.9 Å². The van der Waals surface area contributed by atoms with E-state index in [2.05, 4.69) is 40.8 Å². The van der Waals surface area contributed by atoms with Gasteiger partial charge in [-0.05, 0) is 73.5 Å². The Labute approximate surface area is 325 Å². The molecule has 0 aliphatic carbocycles. The Morgan fingerprint density at radius 1 is 0.815 bits per heavy atom. The molecule has 4 heterocycles. The van der Waals surface area contributed by atoms with Gasteiger partial charge in [-0.3, -0.25) is 0 Å². The molecule has 54 heavy (non-hydrogen) atoms. The van der Waals surface area contributed by atoms with Gasteiger partial charge in [0.2, 0.25) is 5.79 Å². The molecule has 3 aromatic carbocycles. The number of anilines is 2. The first-order chi connectivity index (χ1) is 26.3. The monoisotopic (exact) mass is 775 g/mol. The summed E-state index contributed by atoms with van der Waals surface area (Å²) in [6.07, 6.45) is 8.56. The van der Waals surface area contributed by atoms with E-state index in [9.17, 15) is 9.59 Å². The first-order valence-electron chi connectivity index (χ1n) is 18.8. The van der Waals surface area contributed by atoms with Crippen LogP contribution in [0.1, 0.15) is 45.1 Å². The van der Waals surface area contributed by atoms with E-state index in [0.29, 0.717) is 54.1 Å². The van der Waals surface area contributed by atoms with Crippen molar-refractivity contribution in [2.24, 2.45) is 0 Å². The SMILES string of the molecule is CCCCn1c(=O)n(-c2ccc(N3CCN(c4ccc(OCC5COC(Cn6ccnc6)(c6ccc(Cl)cc6Cl)O5)cc4)CC3)cc2)c(=O)n1CCCC. The van der Waals surface area contributed by atoms with Crippen molar-refractivity contribution in [2.45, 2.75) is 71.1 Å². The number of ether oxygens (including phenoxy) is 3. The highest BCUT2D eigenvalue weighted by molar-refractivity contribution is 6.35. The zero-order valence-electron chi connectivity index (χ0n) is 30.8. The molecule has 0 spiro atoms. The van der Waals surface area contributed by atoms with Gasteiger partial charge in [-0.15, -0.1) is 0 Å². The minimum atomic E-state index is -1.11. The molecule has 0 N–H and O–H groups in total. The van der Waals surface area contributed by atoms with Crippen molar-refractivity contribution in [1.29, 1.82) is 0 Å². The van der Waals surface area contributed by atoms with Crippen LogP contribution in [0.2, 0.25) is 10.0 Å². The molecule has 7 rings (SSSR count). The molecule has 12 nitrogen and oxygen atoms in total. The molecule has 0 saturated carbocycles. The summed E-state index contributed by atoms with van der Waals surface area (Å²) in [5.74, 6) is -0.364. The Bertz CT molecular complexity index is 2070. The van der Waals surface area contributed by atoms with Gasteiger partial charge in [0.25, 0.3) is 0 Å². The number of imidazole rings is 1. The van der Waals surface area contributed by atoms with Crippen LogP contribution in [0.15, 0.2) is 95.0 Å². The van der Waals surface area contributed by atoms with Crippen LogP contribution in [0.3, 0.4) is 0 Å². The lowest BCUT2D eigenvalue weighted by atomic mass is 10.1. The van der Waals surface area contributed by atoms with Crippen LogP contribution >= 0.6 is 23.2 Å². The van der Waals surface area contributed by atoms with Crippen molar-refractivity contribution < 1.29 is 14.2 Å². The molecule has 2 unspecified atom stereocenters. The van der Waals surface area contributed by atoms with E-state index in [-0.39, 0.29) is 17.5 Å². The third-order valence-electron chi connectivity index (χ3n) is 10.1. The van der Waals surface area contributed by atoms with Crippen LogP contribution in [0.4, 0.5) is 11.4 Å². The van der Waals surface area contributed by atoms with Gasteiger partial charge in [0.15, 0.2) is 0 Å². The number of aromatic nitrogens is 5. The van der Waals surface area contributed by atoms with E-state index in [0.717, 1.165) is 69.0 Å². The Morgan fingerprint density at radius 3 is 1.96 bits per heavy atom. The maximum Gasteiger partial charge on any atom is 0.351 e. The maximum absolute atomic E-state index is 13.4. The Balaban J connectivity index is 0.937. The van der Waals surface area contributed by atoms with Gasteiger partial charge >= 0.3 is 11.4 Å². The molecule has 0 radical (unpaired) electrons. The second kappa shape index (κ2) is 16.9. The summed E-state index contributed by atoms with van der Waals surface area (Å²) < 4.78 is 25.4. The molecule has 0 amide bonds. The number of unbranched alkanes of at least 4 members (excludes halogenated alkanes) is 2. The molecular formula is C40H47Cl2N7O5. The van der Waals surface area contributed by atoms with Crippen molar-refractivity contribution in [2.75, 3.05) is 49.2 Å².